The Morgan fingerprint density at radius 2 is 1.83 bits per heavy atom. The van der Waals surface area contributed by atoms with Gasteiger partial charge in [-0.2, -0.15) is 5.10 Å². The lowest BCUT2D eigenvalue weighted by Gasteiger charge is -2.20. The Morgan fingerprint density at radius 3 is 2.53 bits per heavy atom. The van der Waals surface area contributed by atoms with Gasteiger partial charge in [-0.25, -0.2) is 4.68 Å². The van der Waals surface area contributed by atoms with E-state index in [1.807, 2.05) is 59.4 Å². The van der Waals surface area contributed by atoms with Crippen molar-refractivity contribution in [1.82, 2.24) is 15.1 Å². The minimum Gasteiger partial charge on any atom is -0.486 e. The Bertz CT molecular complexity index is 1310. The van der Waals surface area contributed by atoms with Gasteiger partial charge in [-0.1, -0.05) is 43.7 Å². The fourth-order valence-electron chi connectivity index (χ4n) is 4.10. The van der Waals surface area contributed by atoms with Crippen LogP contribution >= 0.6 is 0 Å². The molecule has 0 radical (unpaired) electrons. The molecule has 7 heteroatoms. The number of esters is 1. The molecule has 0 bridgehead atoms. The lowest BCUT2D eigenvalue weighted by Crippen LogP contribution is -2.26. The zero-order chi connectivity index (χ0) is 25.5. The van der Waals surface area contributed by atoms with E-state index in [0.29, 0.717) is 5.56 Å². The van der Waals surface area contributed by atoms with Gasteiger partial charge in [0, 0.05) is 23.7 Å². The van der Waals surface area contributed by atoms with E-state index in [-0.39, 0.29) is 30.9 Å². The number of nitrogens with zero attached hydrogens (tertiary/aromatic N) is 2. The van der Waals surface area contributed by atoms with Crippen molar-refractivity contribution >= 4 is 22.8 Å². The summed E-state index contributed by atoms with van der Waals surface area (Å²) in [5.41, 5.74) is 4.57. The van der Waals surface area contributed by atoms with E-state index in [4.69, 9.17) is 4.74 Å². The van der Waals surface area contributed by atoms with Gasteiger partial charge >= 0.3 is 5.97 Å². The SMILES string of the molecule is CCCC(Oc1ccc(-n2cc3ccccc3n2)c(C)c1)c1ccc(C(=O)NCCC(=O)OC)cc1. The molecule has 0 aliphatic carbocycles. The summed E-state index contributed by atoms with van der Waals surface area (Å²) in [6.07, 6.45) is 3.84. The zero-order valence-corrected chi connectivity index (χ0v) is 20.9. The predicted molar refractivity (Wildman–Crippen MR) is 139 cm³/mol. The Labute approximate surface area is 211 Å². The summed E-state index contributed by atoms with van der Waals surface area (Å²) in [5, 5.41) is 8.52. The summed E-state index contributed by atoms with van der Waals surface area (Å²) in [6, 6.07) is 21.5. The molecule has 0 aliphatic heterocycles. The van der Waals surface area contributed by atoms with Gasteiger partial charge in [-0.05, 0) is 60.9 Å². The standard InChI is InChI=1S/C29H31N3O4/c1-4-7-27(21-10-12-22(13-11-21)29(34)30-17-16-28(33)35-3)36-24-14-15-26(20(2)18-24)32-19-23-8-5-6-9-25(23)31-32/h5-6,8-15,18-19,27H,4,7,16-17H2,1-3H3,(H,30,34). The van der Waals surface area contributed by atoms with E-state index in [2.05, 4.69) is 35.1 Å². The number of ether oxygens (including phenoxy) is 2. The van der Waals surface area contributed by atoms with Crippen LogP contribution in [-0.4, -0.2) is 35.3 Å². The van der Waals surface area contributed by atoms with Crippen molar-refractivity contribution in [2.45, 2.75) is 39.2 Å². The van der Waals surface area contributed by atoms with Crippen molar-refractivity contribution < 1.29 is 19.1 Å². The molecule has 0 spiro atoms. The molecule has 0 fully saturated rings. The number of fused-ring (bicyclic) bond motifs is 1. The van der Waals surface area contributed by atoms with Crippen LogP contribution in [-0.2, 0) is 9.53 Å². The van der Waals surface area contributed by atoms with Crippen molar-refractivity contribution in [1.29, 1.82) is 0 Å². The Hall–Kier alpha value is -4.13. The summed E-state index contributed by atoms with van der Waals surface area (Å²) in [6.45, 7) is 4.41. The number of hydrogen-bond donors (Lipinski definition) is 1. The summed E-state index contributed by atoms with van der Waals surface area (Å²) >= 11 is 0. The summed E-state index contributed by atoms with van der Waals surface area (Å²) < 4.78 is 12.9. The highest BCUT2D eigenvalue weighted by molar-refractivity contribution is 5.94. The first-order valence-corrected chi connectivity index (χ1v) is 12.2. The molecule has 7 nitrogen and oxygen atoms in total. The van der Waals surface area contributed by atoms with Crippen LogP contribution in [0, 0.1) is 6.92 Å². The van der Waals surface area contributed by atoms with Crippen LogP contribution < -0.4 is 10.1 Å². The molecule has 1 atom stereocenters. The number of methoxy groups -OCH3 is 1. The van der Waals surface area contributed by atoms with Gasteiger partial charge in [0.05, 0.1) is 24.7 Å². The smallest absolute Gasteiger partial charge is 0.307 e. The van der Waals surface area contributed by atoms with Crippen molar-refractivity contribution in [2.24, 2.45) is 0 Å². The summed E-state index contributed by atoms with van der Waals surface area (Å²) in [7, 11) is 1.33. The van der Waals surface area contributed by atoms with Gasteiger partial charge in [0.15, 0.2) is 0 Å². The first kappa shape index (κ1) is 25.0. The molecule has 1 N–H and O–H groups in total. The van der Waals surface area contributed by atoms with Crippen LogP contribution in [0.15, 0.2) is 72.9 Å². The van der Waals surface area contributed by atoms with Crippen molar-refractivity contribution in [3.8, 4) is 11.4 Å². The van der Waals surface area contributed by atoms with Gasteiger partial charge in [0.25, 0.3) is 5.91 Å². The highest BCUT2D eigenvalue weighted by atomic mass is 16.5. The van der Waals surface area contributed by atoms with E-state index >= 15 is 0 Å². The second-order valence-electron chi connectivity index (χ2n) is 8.68. The topological polar surface area (TPSA) is 82.5 Å². The van der Waals surface area contributed by atoms with Crippen LogP contribution in [0.2, 0.25) is 0 Å². The Kier molecular flexibility index (Phi) is 8.00. The van der Waals surface area contributed by atoms with E-state index in [0.717, 1.165) is 46.3 Å². The van der Waals surface area contributed by atoms with Gasteiger partial charge in [-0.3, -0.25) is 9.59 Å². The third kappa shape index (κ3) is 5.92. The molecule has 1 heterocycles. The second-order valence-corrected chi connectivity index (χ2v) is 8.68. The van der Waals surface area contributed by atoms with Gasteiger partial charge < -0.3 is 14.8 Å². The second kappa shape index (κ2) is 11.5. The van der Waals surface area contributed by atoms with Crippen LogP contribution in [0.5, 0.6) is 5.75 Å². The molecule has 0 aliphatic rings. The van der Waals surface area contributed by atoms with Gasteiger partial charge in [-0.15, -0.1) is 0 Å². The van der Waals surface area contributed by atoms with Crippen molar-refractivity contribution in [3.05, 3.63) is 89.6 Å². The maximum Gasteiger partial charge on any atom is 0.307 e. The molecule has 186 valence electrons. The third-order valence-electron chi connectivity index (χ3n) is 6.04. The van der Waals surface area contributed by atoms with Gasteiger partial charge in [0.2, 0.25) is 0 Å². The maximum atomic E-state index is 12.4. The van der Waals surface area contributed by atoms with E-state index in [1.165, 1.54) is 7.11 Å². The van der Waals surface area contributed by atoms with Crippen LogP contribution in [0.1, 0.15) is 53.8 Å². The summed E-state index contributed by atoms with van der Waals surface area (Å²) in [5.74, 6) is 0.207. The average molecular weight is 486 g/mol. The molecule has 4 rings (SSSR count). The number of aryl methyl sites for hydroxylation is 1. The lowest BCUT2D eigenvalue weighted by molar-refractivity contribution is -0.140. The molecule has 1 amide bonds. The number of carbonyl (C=O) groups excluding carboxylic acids is 2. The van der Waals surface area contributed by atoms with Crippen LogP contribution in [0.3, 0.4) is 0 Å². The highest BCUT2D eigenvalue weighted by Gasteiger charge is 2.15. The number of aromatic nitrogens is 2. The minimum atomic E-state index is -0.355. The largest absolute Gasteiger partial charge is 0.486 e. The normalized spacial score (nSPS) is 11.8. The first-order valence-electron chi connectivity index (χ1n) is 12.2. The molecule has 0 saturated carbocycles. The third-order valence-corrected chi connectivity index (χ3v) is 6.04. The van der Waals surface area contributed by atoms with E-state index < -0.39 is 0 Å². The average Bonchev–Trinajstić information content (AvgIpc) is 3.32. The van der Waals surface area contributed by atoms with Gasteiger partial charge in [0.1, 0.15) is 11.9 Å². The zero-order valence-electron chi connectivity index (χ0n) is 20.9. The first-order chi connectivity index (χ1) is 17.5. The monoisotopic (exact) mass is 485 g/mol. The molecule has 36 heavy (non-hydrogen) atoms. The van der Waals surface area contributed by atoms with Crippen LogP contribution in [0.4, 0.5) is 0 Å². The van der Waals surface area contributed by atoms with Crippen molar-refractivity contribution in [2.75, 3.05) is 13.7 Å². The minimum absolute atomic E-state index is 0.135. The van der Waals surface area contributed by atoms with Crippen LogP contribution in [0.25, 0.3) is 16.6 Å². The lowest BCUT2D eigenvalue weighted by atomic mass is 10.0. The fourth-order valence-corrected chi connectivity index (χ4v) is 4.10. The number of nitrogens with one attached hydrogen (secondary N) is 1. The maximum absolute atomic E-state index is 12.4. The fraction of sp³-hybridized carbons (Fsp3) is 0.276. The number of amides is 1. The molecular weight excluding hydrogens is 454 g/mol. The van der Waals surface area contributed by atoms with E-state index in [9.17, 15) is 9.59 Å². The highest BCUT2D eigenvalue weighted by Crippen LogP contribution is 2.29. The summed E-state index contributed by atoms with van der Waals surface area (Å²) in [4.78, 5) is 23.6. The molecule has 4 aromatic rings. The number of benzene rings is 3. The predicted octanol–water partition coefficient (Wildman–Crippen LogP) is 5.55. The number of hydrogen-bond acceptors (Lipinski definition) is 5. The molecule has 3 aromatic carbocycles. The molecule has 1 unspecified atom stereocenters. The molecule has 1 aromatic heterocycles. The molecular formula is C29H31N3O4. The Morgan fingerprint density at radius 1 is 1.06 bits per heavy atom. The van der Waals surface area contributed by atoms with E-state index in [1.54, 1.807) is 12.1 Å². The Balaban J connectivity index is 1.45. The van der Waals surface area contributed by atoms with Crippen molar-refractivity contribution in [3.63, 3.8) is 0 Å². The molecule has 0 saturated heterocycles. The quantitative estimate of drug-likeness (QED) is 0.298. The number of rotatable bonds is 10. The number of carbonyl (C=O) groups is 2.